The number of likely N-dealkylation sites (tertiary alicyclic amines) is 1. The highest BCUT2D eigenvalue weighted by atomic mass is 16.5. The first-order valence-corrected chi connectivity index (χ1v) is 8.54. The number of H-pyrrole nitrogens is 1. The minimum Gasteiger partial charge on any atom is -0.493 e. The van der Waals surface area contributed by atoms with Crippen LogP contribution < -0.4 is 4.74 Å². The third-order valence-electron chi connectivity index (χ3n) is 4.50. The maximum atomic E-state index is 12.5. The van der Waals surface area contributed by atoms with E-state index in [0.29, 0.717) is 25.3 Å². The van der Waals surface area contributed by atoms with Crippen LogP contribution in [-0.4, -0.2) is 51.0 Å². The number of carbonyl (C=O) groups is 1. The molecular formula is C18H24N4O3. The van der Waals surface area contributed by atoms with Crippen LogP contribution in [0, 0.1) is 13.8 Å². The van der Waals surface area contributed by atoms with Crippen LogP contribution >= 0.6 is 0 Å². The summed E-state index contributed by atoms with van der Waals surface area (Å²) in [6, 6.07) is 6.00. The molecule has 7 nitrogen and oxygen atoms in total. The second-order valence-electron chi connectivity index (χ2n) is 6.73. The first kappa shape index (κ1) is 17.4. The summed E-state index contributed by atoms with van der Waals surface area (Å²) in [6.07, 6.45) is 3.09. The van der Waals surface area contributed by atoms with Crippen molar-refractivity contribution in [3.8, 4) is 5.75 Å². The van der Waals surface area contributed by atoms with Gasteiger partial charge in [0.15, 0.2) is 0 Å². The number of ether oxygens (including phenoxy) is 1. The van der Waals surface area contributed by atoms with Crippen molar-refractivity contribution >= 4 is 5.91 Å². The molecule has 2 aromatic rings. The van der Waals surface area contributed by atoms with Crippen LogP contribution in [0.25, 0.3) is 0 Å². The van der Waals surface area contributed by atoms with E-state index in [1.54, 1.807) is 4.90 Å². The van der Waals surface area contributed by atoms with E-state index in [-0.39, 0.29) is 18.9 Å². The number of aromatic nitrogens is 3. The number of nitrogens with zero attached hydrogens (tertiary/aromatic N) is 3. The van der Waals surface area contributed by atoms with Crippen molar-refractivity contribution in [3.63, 3.8) is 0 Å². The Morgan fingerprint density at radius 3 is 2.80 bits per heavy atom. The third-order valence-corrected chi connectivity index (χ3v) is 4.50. The van der Waals surface area contributed by atoms with Gasteiger partial charge in [0.1, 0.15) is 17.0 Å². The molecule has 1 atom stereocenters. The fourth-order valence-electron chi connectivity index (χ4n) is 3.31. The van der Waals surface area contributed by atoms with Crippen LogP contribution in [0.15, 0.2) is 24.4 Å². The Morgan fingerprint density at radius 2 is 2.12 bits per heavy atom. The molecule has 2 N–H and O–H groups in total. The lowest BCUT2D eigenvalue weighted by Gasteiger charge is -2.38. The molecule has 1 unspecified atom stereocenters. The molecule has 1 aromatic carbocycles. The smallest absolute Gasteiger partial charge is 0.226 e. The van der Waals surface area contributed by atoms with Gasteiger partial charge < -0.3 is 14.7 Å². The molecule has 1 aliphatic heterocycles. The molecule has 1 saturated heterocycles. The van der Waals surface area contributed by atoms with Gasteiger partial charge in [-0.1, -0.05) is 6.07 Å². The molecule has 0 aliphatic carbocycles. The van der Waals surface area contributed by atoms with Crippen molar-refractivity contribution in [3.05, 3.63) is 41.2 Å². The molecule has 7 heteroatoms. The quantitative estimate of drug-likeness (QED) is 0.861. The van der Waals surface area contributed by atoms with E-state index >= 15 is 0 Å². The molecule has 1 aliphatic rings. The van der Waals surface area contributed by atoms with Gasteiger partial charge in [-0.15, -0.1) is 0 Å². The summed E-state index contributed by atoms with van der Waals surface area (Å²) < 4.78 is 5.72. The maximum absolute atomic E-state index is 12.5. The van der Waals surface area contributed by atoms with Crippen molar-refractivity contribution < 1.29 is 14.6 Å². The average molecular weight is 344 g/mol. The number of β-amino-alcohol motifs (C(OH)–C–C–N with tert-alkyl or cyclic N) is 1. The Morgan fingerprint density at radius 1 is 1.36 bits per heavy atom. The molecular weight excluding hydrogens is 320 g/mol. The van der Waals surface area contributed by atoms with Crippen LogP contribution in [0.1, 0.15) is 36.1 Å². The molecule has 3 rings (SSSR count). The van der Waals surface area contributed by atoms with Gasteiger partial charge in [-0.25, -0.2) is 0 Å². The Balaban J connectivity index is 1.54. The van der Waals surface area contributed by atoms with E-state index in [1.807, 2.05) is 26.0 Å². The van der Waals surface area contributed by atoms with Crippen molar-refractivity contribution in [2.75, 3.05) is 19.7 Å². The number of piperidine rings is 1. The van der Waals surface area contributed by atoms with Gasteiger partial charge >= 0.3 is 0 Å². The monoisotopic (exact) mass is 344 g/mol. The predicted molar refractivity (Wildman–Crippen MR) is 92.1 cm³/mol. The van der Waals surface area contributed by atoms with Gasteiger partial charge in [-0.05, 0) is 49.9 Å². The molecule has 134 valence electrons. The third kappa shape index (κ3) is 4.17. The molecule has 1 fully saturated rings. The number of aromatic amines is 1. The fraction of sp³-hybridized carbons (Fsp3) is 0.500. The van der Waals surface area contributed by atoms with E-state index in [1.165, 1.54) is 6.20 Å². The number of hydrogen-bond donors (Lipinski definition) is 2. The van der Waals surface area contributed by atoms with Crippen LogP contribution in [0.5, 0.6) is 5.75 Å². The summed E-state index contributed by atoms with van der Waals surface area (Å²) >= 11 is 0. The molecule has 0 radical (unpaired) electrons. The summed E-state index contributed by atoms with van der Waals surface area (Å²) in [6.45, 7) is 5.23. The summed E-state index contributed by atoms with van der Waals surface area (Å²) in [5.74, 6) is 0.758. The minimum atomic E-state index is -1.13. The predicted octanol–water partition coefficient (Wildman–Crippen LogP) is 1.70. The molecule has 2 heterocycles. The van der Waals surface area contributed by atoms with Gasteiger partial charge in [-0.2, -0.15) is 15.4 Å². The number of nitrogens with one attached hydrogen (secondary N) is 1. The summed E-state index contributed by atoms with van der Waals surface area (Å²) in [5.41, 5.74) is 1.62. The lowest BCUT2D eigenvalue weighted by Crippen LogP contribution is -2.49. The normalized spacial score (nSPS) is 20.5. The first-order valence-electron chi connectivity index (χ1n) is 8.54. The number of carbonyl (C=O) groups excluding carboxylic acids is 1. The second-order valence-corrected chi connectivity index (χ2v) is 6.73. The van der Waals surface area contributed by atoms with Crippen molar-refractivity contribution in [1.29, 1.82) is 0 Å². The zero-order valence-corrected chi connectivity index (χ0v) is 14.7. The van der Waals surface area contributed by atoms with Crippen LogP contribution in [0.2, 0.25) is 0 Å². The Bertz CT molecular complexity index is 712. The lowest BCUT2D eigenvalue weighted by atomic mass is 9.90. The van der Waals surface area contributed by atoms with Crippen molar-refractivity contribution in [2.45, 2.75) is 38.7 Å². The number of hydrogen-bond acceptors (Lipinski definition) is 5. The molecule has 0 bridgehead atoms. The summed E-state index contributed by atoms with van der Waals surface area (Å²) in [7, 11) is 0. The SMILES string of the molecule is Cc1cc(C)cc(OCCC(=O)N2CCCC(O)(c3cn[nH]n3)C2)c1. The van der Waals surface area contributed by atoms with Crippen LogP contribution in [0.3, 0.4) is 0 Å². The van der Waals surface area contributed by atoms with Gasteiger partial charge in [0, 0.05) is 6.54 Å². The highest BCUT2D eigenvalue weighted by Gasteiger charge is 2.38. The first-order chi connectivity index (χ1) is 12.0. The molecule has 0 spiro atoms. The van der Waals surface area contributed by atoms with E-state index in [0.717, 1.165) is 23.3 Å². The highest BCUT2D eigenvalue weighted by molar-refractivity contribution is 5.76. The van der Waals surface area contributed by atoms with Gasteiger partial charge in [0.05, 0.1) is 25.8 Å². The molecule has 1 amide bonds. The number of benzene rings is 1. The van der Waals surface area contributed by atoms with Gasteiger partial charge in [0.25, 0.3) is 0 Å². The van der Waals surface area contributed by atoms with Crippen molar-refractivity contribution in [1.82, 2.24) is 20.3 Å². The zero-order valence-electron chi connectivity index (χ0n) is 14.7. The van der Waals surface area contributed by atoms with E-state index in [9.17, 15) is 9.90 Å². The standard InChI is InChI=1S/C18H24N4O3/c1-13-8-14(2)10-15(9-13)25-7-4-17(23)22-6-3-5-18(24,12-22)16-11-19-21-20-16/h8-11,24H,3-7,12H2,1-2H3,(H,19,20,21). The second kappa shape index (κ2) is 7.23. The highest BCUT2D eigenvalue weighted by Crippen LogP contribution is 2.30. The van der Waals surface area contributed by atoms with Crippen LogP contribution in [-0.2, 0) is 10.4 Å². The summed E-state index contributed by atoms with van der Waals surface area (Å²) in [5, 5.41) is 21.0. The van der Waals surface area contributed by atoms with E-state index < -0.39 is 5.60 Å². The van der Waals surface area contributed by atoms with E-state index in [2.05, 4.69) is 21.5 Å². The summed E-state index contributed by atoms with van der Waals surface area (Å²) in [4.78, 5) is 14.2. The minimum absolute atomic E-state index is 0.0222. The molecule has 0 saturated carbocycles. The van der Waals surface area contributed by atoms with Crippen LogP contribution in [0.4, 0.5) is 0 Å². The Labute approximate surface area is 147 Å². The van der Waals surface area contributed by atoms with Gasteiger partial charge in [0.2, 0.25) is 5.91 Å². The topological polar surface area (TPSA) is 91.3 Å². The largest absolute Gasteiger partial charge is 0.493 e. The van der Waals surface area contributed by atoms with Gasteiger partial charge in [-0.3, -0.25) is 4.79 Å². The van der Waals surface area contributed by atoms with Crippen molar-refractivity contribution in [2.24, 2.45) is 0 Å². The maximum Gasteiger partial charge on any atom is 0.226 e. The number of aryl methyl sites for hydroxylation is 2. The number of aliphatic hydroxyl groups is 1. The fourth-order valence-corrected chi connectivity index (χ4v) is 3.31. The number of amides is 1. The number of rotatable bonds is 5. The molecule has 25 heavy (non-hydrogen) atoms. The Hall–Kier alpha value is -2.41. The van der Waals surface area contributed by atoms with E-state index in [4.69, 9.17) is 4.74 Å². The molecule has 1 aromatic heterocycles. The Kier molecular flexibility index (Phi) is 5.03. The average Bonchev–Trinajstić information content (AvgIpc) is 3.09. The zero-order chi connectivity index (χ0) is 17.9. The lowest BCUT2D eigenvalue weighted by molar-refractivity contribution is -0.139.